The monoisotopic (exact) mass is 280 g/mol. The van der Waals surface area contributed by atoms with Gasteiger partial charge in [-0.25, -0.2) is 0 Å². The number of carbonyl (C=O) groups is 1. The molecule has 0 aromatic heterocycles. The molecule has 0 saturated carbocycles. The van der Waals surface area contributed by atoms with Crippen LogP contribution in [0.3, 0.4) is 0 Å². The molecule has 0 saturated heterocycles. The Hall–Kier alpha value is -1.59. The SMILES string of the molecule is COc1ccc(C)cc1NC(=O)CN(C)C(C)(C)CO. The fourth-order valence-corrected chi connectivity index (χ4v) is 1.66. The van der Waals surface area contributed by atoms with E-state index in [4.69, 9.17) is 4.74 Å². The summed E-state index contributed by atoms with van der Waals surface area (Å²) in [5.41, 5.74) is 1.27. The average Bonchev–Trinajstić information content (AvgIpc) is 2.38. The molecule has 0 fully saturated rings. The molecule has 0 aliphatic heterocycles. The van der Waals surface area contributed by atoms with E-state index in [0.29, 0.717) is 11.4 Å². The zero-order valence-electron chi connectivity index (χ0n) is 12.9. The summed E-state index contributed by atoms with van der Waals surface area (Å²) in [6.07, 6.45) is 0. The van der Waals surface area contributed by atoms with Crippen LogP contribution in [0.5, 0.6) is 5.75 Å². The quantitative estimate of drug-likeness (QED) is 0.831. The Balaban J connectivity index is 2.74. The van der Waals surface area contributed by atoms with Gasteiger partial charge in [0.1, 0.15) is 5.75 Å². The van der Waals surface area contributed by atoms with Gasteiger partial charge in [0.05, 0.1) is 25.9 Å². The third-order valence-electron chi connectivity index (χ3n) is 3.43. The number of ether oxygens (including phenoxy) is 1. The molecular weight excluding hydrogens is 256 g/mol. The molecule has 0 atom stereocenters. The number of benzene rings is 1. The van der Waals surface area contributed by atoms with Crippen molar-refractivity contribution in [2.75, 3.05) is 32.6 Å². The van der Waals surface area contributed by atoms with E-state index in [1.807, 2.05) is 50.9 Å². The van der Waals surface area contributed by atoms with Gasteiger partial charge in [0.15, 0.2) is 0 Å². The molecule has 0 aliphatic rings. The van der Waals surface area contributed by atoms with Gasteiger partial charge < -0.3 is 15.2 Å². The van der Waals surface area contributed by atoms with Crippen molar-refractivity contribution in [1.82, 2.24) is 4.90 Å². The number of hydrogen-bond donors (Lipinski definition) is 2. The summed E-state index contributed by atoms with van der Waals surface area (Å²) in [5.74, 6) is 0.492. The van der Waals surface area contributed by atoms with E-state index < -0.39 is 5.54 Å². The smallest absolute Gasteiger partial charge is 0.238 e. The van der Waals surface area contributed by atoms with Gasteiger partial charge >= 0.3 is 0 Å². The van der Waals surface area contributed by atoms with Crippen molar-refractivity contribution < 1.29 is 14.6 Å². The van der Waals surface area contributed by atoms with Crippen LogP contribution in [0.4, 0.5) is 5.69 Å². The van der Waals surface area contributed by atoms with Crippen molar-refractivity contribution in [3.05, 3.63) is 23.8 Å². The number of aliphatic hydroxyl groups excluding tert-OH is 1. The molecule has 0 aliphatic carbocycles. The summed E-state index contributed by atoms with van der Waals surface area (Å²) in [5, 5.41) is 12.1. The minimum absolute atomic E-state index is 0.00938. The fourth-order valence-electron chi connectivity index (χ4n) is 1.66. The highest BCUT2D eigenvalue weighted by Gasteiger charge is 2.24. The Morgan fingerprint density at radius 2 is 2.10 bits per heavy atom. The standard InChI is InChI=1S/C15H24N2O3/c1-11-6-7-13(20-5)12(8-11)16-14(19)9-17(4)15(2,3)10-18/h6-8,18H,9-10H2,1-5H3,(H,16,19). The summed E-state index contributed by atoms with van der Waals surface area (Å²) in [6.45, 7) is 5.91. The predicted octanol–water partition coefficient (Wildman–Crippen LogP) is 1.64. The van der Waals surface area contributed by atoms with E-state index in [-0.39, 0.29) is 19.1 Å². The highest BCUT2D eigenvalue weighted by atomic mass is 16.5. The lowest BCUT2D eigenvalue weighted by Gasteiger charge is -2.33. The third-order valence-corrected chi connectivity index (χ3v) is 3.43. The first-order chi connectivity index (χ1) is 9.30. The number of anilines is 1. The fraction of sp³-hybridized carbons (Fsp3) is 0.533. The topological polar surface area (TPSA) is 61.8 Å². The van der Waals surface area contributed by atoms with Gasteiger partial charge in [-0.3, -0.25) is 9.69 Å². The maximum absolute atomic E-state index is 12.1. The van der Waals surface area contributed by atoms with E-state index in [2.05, 4.69) is 5.32 Å². The molecule has 5 heteroatoms. The third kappa shape index (κ3) is 4.21. The lowest BCUT2D eigenvalue weighted by atomic mass is 10.1. The molecule has 2 N–H and O–H groups in total. The molecule has 112 valence electrons. The van der Waals surface area contributed by atoms with Crippen molar-refractivity contribution in [2.24, 2.45) is 0 Å². The summed E-state index contributed by atoms with van der Waals surface area (Å²) in [4.78, 5) is 13.9. The largest absolute Gasteiger partial charge is 0.495 e. The number of nitrogens with zero attached hydrogens (tertiary/aromatic N) is 1. The molecule has 20 heavy (non-hydrogen) atoms. The van der Waals surface area contributed by atoms with Crippen molar-refractivity contribution in [1.29, 1.82) is 0 Å². The Bertz CT molecular complexity index is 472. The molecule has 0 bridgehead atoms. The van der Waals surface area contributed by atoms with Crippen LogP contribution in [0.2, 0.25) is 0 Å². The van der Waals surface area contributed by atoms with Crippen LogP contribution >= 0.6 is 0 Å². The first kappa shape index (κ1) is 16.5. The van der Waals surface area contributed by atoms with Crippen molar-refractivity contribution in [3.63, 3.8) is 0 Å². The Kier molecular flexibility index (Phi) is 5.53. The number of rotatable bonds is 6. The van der Waals surface area contributed by atoms with Crippen LogP contribution < -0.4 is 10.1 Å². The van der Waals surface area contributed by atoms with Gasteiger partial charge in [-0.05, 0) is 45.5 Å². The lowest BCUT2D eigenvalue weighted by molar-refractivity contribution is -0.118. The Morgan fingerprint density at radius 1 is 1.45 bits per heavy atom. The maximum atomic E-state index is 12.1. The number of aryl methyl sites for hydroxylation is 1. The molecule has 0 unspecified atom stereocenters. The number of nitrogens with one attached hydrogen (secondary N) is 1. The highest BCUT2D eigenvalue weighted by molar-refractivity contribution is 5.93. The molecule has 1 aromatic carbocycles. The zero-order valence-corrected chi connectivity index (χ0v) is 12.9. The summed E-state index contributed by atoms with van der Waals surface area (Å²) >= 11 is 0. The van der Waals surface area contributed by atoms with Gasteiger partial charge in [0, 0.05) is 5.54 Å². The average molecular weight is 280 g/mol. The Morgan fingerprint density at radius 3 is 2.65 bits per heavy atom. The molecule has 1 aromatic rings. The van der Waals surface area contributed by atoms with E-state index in [9.17, 15) is 9.90 Å². The van der Waals surface area contributed by atoms with Gasteiger partial charge in [-0.2, -0.15) is 0 Å². The molecular formula is C15H24N2O3. The van der Waals surface area contributed by atoms with Crippen LogP contribution in [-0.2, 0) is 4.79 Å². The van der Waals surface area contributed by atoms with Crippen molar-refractivity contribution in [2.45, 2.75) is 26.3 Å². The summed E-state index contributed by atoms with van der Waals surface area (Å²) < 4.78 is 5.23. The highest BCUT2D eigenvalue weighted by Crippen LogP contribution is 2.25. The maximum Gasteiger partial charge on any atom is 0.238 e. The lowest BCUT2D eigenvalue weighted by Crippen LogP contribution is -2.47. The van der Waals surface area contributed by atoms with Crippen LogP contribution in [0.1, 0.15) is 19.4 Å². The zero-order chi connectivity index (χ0) is 15.3. The second kappa shape index (κ2) is 6.72. The summed E-state index contributed by atoms with van der Waals surface area (Å²) in [7, 11) is 3.38. The van der Waals surface area contributed by atoms with Crippen LogP contribution in [-0.4, -0.2) is 48.8 Å². The molecule has 5 nitrogen and oxygen atoms in total. The van der Waals surface area contributed by atoms with Crippen LogP contribution in [0.25, 0.3) is 0 Å². The number of carbonyl (C=O) groups excluding carboxylic acids is 1. The van der Waals surface area contributed by atoms with E-state index >= 15 is 0 Å². The van der Waals surface area contributed by atoms with Gasteiger partial charge in [-0.15, -0.1) is 0 Å². The minimum Gasteiger partial charge on any atom is -0.495 e. The number of methoxy groups -OCH3 is 1. The van der Waals surface area contributed by atoms with Gasteiger partial charge in [0.25, 0.3) is 0 Å². The Labute approximate surface area is 120 Å². The van der Waals surface area contributed by atoms with Crippen LogP contribution in [0, 0.1) is 6.92 Å². The van der Waals surface area contributed by atoms with Crippen molar-refractivity contribution >= 4 is 11.6 Å². The minimum atomic E-state index is -0.436. The van der Waals surface area contributed by atoms with Crippen molar-refractivity contribution in [3.8, 4) is 5.75 Å². The van der Waals surface area contributed by atoms with Gasteiger partial charge in [-0.1, -0.05) is 6.07 Å². The number of likely N-dealkylation sites (N-methyl/N-ethyl adjacent to an activating group) is 1. The van der Waals surface area contributed by atoms with E-state index in [1.165, 1.54) is 0 Å². The predicted molar refractivity (Wildman–Crippen MR) is 80.2 cm³/mol. The van der Waals surface area contributed by atoms with E-state index in [1.54, 1.807) is 7.11 Å². The second-order valence-corrected chi connectivity index (χ2v) is 5.58. The number of aliphatic hydroxyl groups is 1. The molecule has 1 rings (SSSR count). The summed E-state index contributed by atoms with van der Waals surface area (Å²) in [6, 6.07) is 5.62. The number of amides is 1. The molecule has 1 amide bonds. The van der Waals surface area contributed by atoms with Crippen LogP contribution in [0.15, 0.2) is 18.2 Å². The van der Waals surface area contributed by atoms with E-state index in [0.717, 1.165) is 5.56 Å². The molecule has 0 spiro atoms. The first-order valence-corrected chi connectivity index (χ1v) is 6.56. The molecule has 0 heterocycles. The number of hydrogen-bond acceptors (Lipinski definition) is 4. The first-order valence-electron chi connectivity index (χ1n) is 6.56. The second-order valence-electron chi connectivity index (χ2n) is 5.58. The normalized spacial score (nSPS) is 11.6. The molecule has 0 radical (unpaired) electrons. The van der Waals surface area contributed by atoms with Gasteiger partial charge in [0.2, 0.25) is 5.91 Å².